The lowest BCUT2D eigenvalue weighted by Crippen LogP contribution is -2.18. The summed E-state index contributed by atoms with van der Waals surface area (Å²) in [6.07, 6.45) is -1.06. The van der Waals surface area contributed by atoms with Crippen LogP contribution in [-0.4, -0.2) is 11.1 Å². The quantitative estimate of drug-likeness (QED) is 0.672. The Balaban J connectivity index is 2.26. The van der Waals surface area contributed by atoms with Crippen molar-refractivity contribution in [3.05, 3.63) is 59.7 Å². The molecule has 0 fully saturated rings. The van der Waals surface area contributed by atoms with Crippen molar-refractivity contribution >= 4 is 17.7 Å². The van der Waals surface area contributed by atoms with Crippen molar-refractivity contribution in [2.45, 2.75) is 17.9 Å². The molecule has 2 aromatic rings. The van der Waals surface area contributed by atoms with Gasteiger partial charge < -0.3 is 9.84 Å². The minimum absolute atomic E-state index is 0.494. The highest BCUT2D eigenvalue weighted by Gasteiger charge is 2.22. The summed E-state index contributed by atoms with van der Waals surface area (Å²) >= 11 is 1.05. The summed E-state index contributed by atoms with van der Waals surface area (Å²) < 4.78 is 5.63. The van der Waals surface area contributed by atoms with E-state index in [1.165, 1.54) is 0 Å². The molecule has 1 atom stereocenters. The number of rotatable bonds is 5. The summed E-state index contributed by atoms with van der Waals surface area (Å²) in [7, 11) is 0. The number of benzene rings is 2. The van der Waals surface area contributed by atoms with E-state index in [9.17, 15) is 9.90 Å². The van der Waals surface area contributed by atoms with Crippen molar-refractivity contribution in [2.75, 3.05) is 0 Å². The molecule has 5 heteroatoms. The zero-order valence-electron chi connectivity index (χ0n) is 11.3. The van der Waals surface area contributed by atoms with Crippen LogP contribution in [0.15, 0.2) is 53.4 Å². The number of thiocyanates is 1. The first-order valence-electron chi connectivity index (χ1n) is 6.23. The van der Waals surface area contributed by atoms with Crippen LogP contribution >= 0.6 is 11.8 Å². The van der Waals surface area contributed by atoms with Gasteiger partial charge in [-0.2, -0.15) is 5.26 Å². The number of carboxylic acids is 1. The molecular formula is C16H13NO3S. The molecule has 21 heavy (non-hydrogen) atoms. The molecule has 0 bridgehead atoms. The van der Waals surface area contributed by atoms with E-state index in [1.54, 1.807) is 42.5 Å². The molecule has 0 amide bonds. The molecule has 106 valence electrons. The van der Waals surface area contributed by atoms with Gasteiger partial charge in [0.25, 0.3) is 0 Å². The van der Waals surface area contributed by atoms with Gasteiger partial charge in [0.1, 0.15) is 11.2 Å². The van der Waals surface area contributed by atoms with Crippen LogP contribution in [0.5, 0.6) is 5.75 Å². The van der Waals surface area contributed by atoms with Crippen LogP contribution in [0.3, 0.4) is 0 Å². The van der Waals surface area contributed by atoms with Crippen LogP contribution in [0.1, 0.15) is 17.2 Å². The minimum atomic E-state index is -1.06. The van der Waals surface area contributed by atoms with Crippen LogP contribution in [-0.2, 0) is 4.79 Å². The molecule has 0 heterocycles. The lowest BCUT2D eigenvalue weighted by molar-refractivity contribution is -0.145. The first-order valence-corrected chi connectivity index (χ1v) is 7.04. The summed E-state index contributed by atoms with van der Waals surface area (Å²) in [5.41, 5.74) is 1.37. The third kappa shape index (κ3) is 3.77. The first-order chi connectivity index (χ1) is 10.1. The molecule has 0 spiro atoms. The molecule has 2 rings (SSSR count). The minimum Gasteiger partial charge on any atom is -0.478 e. The Bertz CT molecular complexity index is 680. The molecule has 0 saturated carbocycles. The Hall–Kier alpha value is -2.45. The average molecular weight is 299 g/mol. The predicted octanol–water partition coefficient (Wildman–Crippen LogP) is 3.77. The van der Waals surface area contributed by atoms with Gasteiger partial charge in [-0.15, -0.1) is 0 Å². The molecule has 0 aliphatic heterocycles. The molecule has 0 aromatic heterocycles. The van der Waals surface area contributed by atoms with E-state index in [0.29, 0.717) is 11.3 Å². The Morgan fingerprint density at radius 3 is 2.57 bits per heavy atom. The van der Waals surface area contributed by atoms with E-state index >= 15 is 0 Å². The van der Waals surface area contributed by atoms with Crippen LogP contribution in [0.4, 0.5) is 0 Å². The first kappa shape index (κ1) is 14.9. The van der Waals surface area contributed by atoms with Crippen molar-refractivity contribution in [1.29, 1.82) is 5.26 Å². The average Bonchev–Trinajstić information content (AvgIpc) is 2.47. The Morgan fingerprint density at radius 2 is 2.00 bits per heavy atom. The highest BCUT2D eigenvalue weighted by atomic mass is 32.2. The summed E-state index contributed by atoms with van der Waals surface area (Å²) in [6, 6.07) is 14.0. The van der Waals surface area contributed by atoms with E-state index in [4.69, 9.17) is 10.00 Å². The van der Waals surface area contributed by atoms with Gasteiger partial charge in [0.05, 0.1) is 0 Å². The Kier molecular flexibility index (Phi) is 4.85. The number of hydrogen-bond donors (Lipinski definition) is 1. The standard InChI is InChI=1S/C16H13NO3S/c1-11-9-13(21-10-17)7-8-14(11)20-15(16(18)19)12-5-3-2-4-6-12/h2-9,15H,1H3,(H,18,19). The van der Waals surface area contributed by atoms with Crippen molar-refractivity contribution in [1.82, 2.24) is 0 Å². The number of nitrogens with zero attached hydrogens (tertiary/aromatic N) is 1. The fourth-order valence-corrected chi connectivity index (χ4v) is 2.36. The van der Waals surface area contributed by atoms with Crippen molar-refractivity contribution in [3.63, 3.8) is 0 Å². The monoisotopic (exact) mass is 299 g/mol. The SMILES string of the molecule is Cc1cc(SC#N)ccc1OC(C(=O)O)c1ccccc1. The van der Waals surface area contributed by atoms with E-state index in [0.717, 1.165) is 22.2 Å². The molecule has 1 N–H and O–H groups in total. The highest BCUT2D eigenvalue weighted by Crippen LogP contribution is 2.29. The van der Waals surface area contributed by atoms with E-state index in [1.807, 2.05) is 18.4 Å². The zero-order chi connectivity index (χ0) is 15.2. The van der Waals surface area contributed by atoms with Gasteiger partial charge in [-0.05, 0) is 42.4 Å². The molecule has 1 unspecified atom stereocenters. The third-order valence-electron chi connectivity index (χ3n) is 2.88. The topological polar surface area (TPSA) is 70.3 Å². The van der Waals surface area contributed by atoms with Crippen molar-refractivity contribution in [2.24, 2.45) is 0 Å². The van der Waals surface area contributed by atoms with Crippen LogP contribution < -0.4 is 4.74 Å². The molecule has 4 nitrogen and oxygen atoms in total. The number of ether oxygens (including phenoxy) is 1. The van der Waals surface area contributed by atoms with Crippen molar-refractivity contribution < 1.29 is 14.6 Å². The Labute approximate surface area is 127 Å². The number of aliphatic carboxylic acids is 1. The van der Waals surface area contributed by atoms with Crippen LogP contribution in [0, 0.1) is 17.6 Å². The summed E-state index contributed by atoms with van der Waals surface area (Å²) in [5, 5.41) is 20.0. The molecule has 2 aromatic carbocycles. The van der Waals surface area contributed by atoms with Crippen LogP contribution in [0.2, 0.25) is 0 Å². The lowest BCUT2D eigenvalue weighted by Gasteiger charge is -2.17. The van der Waals surface area contributed by atoms with Gasteiger partial charge in [-0.1, -0.05) is 30.3 Å². The molecular weight excluding hydrogens is 286 g/mol. The van der Waals surface area contributed by atoms with Gasteiger partial charge in [0.2, 0.25) is 6.10 Å². The molecule has 0 aliphatic carbocycles. The molecule has 0 saturated heterocycles. The predicted molar refractivity (Wildman–Crippen MR) is 80.1 cm³/mol. The highest BCUT2D eigenvalue weighted by molar-refractivity contribution is 8.03. The summed E-state index contributed by atoms with van der Waals surface area (Å²) in [4.78, 5) is 12.2. The second kappa shape index (κ2) is 6.82. The second-order valence-corrected chi connectivity index (χ2v) is 5.23. The normalized spacial score (nSPS) is 11.4. The number of carbonyl (C=O) groups is 1. The number of thioether (sulfide) groups is 1. The van der Waals surface area contributed by atoms with E-state index in [2.05, 4.69) is 0 Å². The molecule has 0 radical (unpaired) electrons. The number of aryl methyl sites for hydroxylation is 1. The van der Waals surface area contributed by atoms with Gasteiger partial charge in [-0.25, -0.2) is 4.79 Å². The maximum absolute atomic E-state index is 11.4. The van der Waals surface area contributed by atoms with Crippen molar-refractivity contribution in [3.8, 4) is 11.2 Å². The number of hydrogen-bond acceptors (Lipinski definition) is 4. The van der Waals surface area contributed by atoms with Gasteiger partial charge in [0.15, 0.2) is 0 Å². The lowest BCUT2D eigenvalue weighted by atomic mass is 10.1. The van der Waals surface area contributed by atoms with Gasteiger partial charge in [0, 0.05) is 10.5 Å². The van der Waals surface area contributed by atoms with Crippen LogP contribution in [0.25, 0.3) is 0 Å². The van der Waals surface area contributed by atoms with E-state index in [-0.39, 0.29) is 0 Å². The fourth-order valence-electron chi connectivity index (χ4n) is 1.89. The maximum atomic E-state index is 11.4. The smallest absolute Gasteiger partial charge is 0.349 e. The third-order valence-corrected chi connectivity index (χ3v) is 3.46. The second-order valence-electron chi connectivity index (χ2n) is 4.37. The number of nitriles is 1. The zero-order valence-corrected chi connectivity index (χ0v) is 12.1. The summed E-state index contributed by atoms with van der Waals surface area (Å²) in [6.45, 7) is 1.82. The fraction of sp³-hybridized carbons (Fsp3) is 0.125. The van der Waals surface area contributed by atoms with Gasteiger partial charge in [-0.3, -0.25) is 0 Å². The summed E-state index contributed by atoms with van der Waals surface area (Å²) in [5.74, 6) is -0.551. The Morgan fingerprint density at radius 1 is 1.29 bits per heavy atom. The van der Waals surface area contributed by atoms with E-state index < -0.39 is 12.1 Å². The van der Waals surface area contributed by atoms with Gasteiger partial charge >= 0.3 is 5.97 Å². The number of carboxylic acid groups (broad SMARTS) is 1. The molecule has 0 aliphatic rings. The maximum Gasteiger partial charge on any atom is 0.349 e. The largest absolute Gasteiger partial charge is 0.478 e.